The fraction of sp³-hybridized carbons (Fsp3) is 0.0769. The van der Waals surface area contributed by atoms with Gasteiger partial charge in [-0.15, -0.1) is 5.10 Å². The van der Waals surface area contributed by atoms with Crippen LogP contribution in [-0.2, 0) is 6.54 Å². The highest BCUT2D eigenvalue weighted by atomic mass is 16.1. The Morgan fingerprint density at radius 2 is 1.48 bits per heavy atom. The number of benzene rings is 3. The molecule has 0 radical (unpaired) electrons. The number of hydrogen-bond donors (Lipinski definition) is 1. The van der Waals surface area contributed by atoms with Gasteiger partial charge < -0.3 is 0 Å². The Hall–Kier alpha value is -4.52. The maximum Gasteiger partial charge on any atom is 0.262 e. The first-order valence-electron chi connectivity index (χ1n) is 10.6. The van der Waals surface area contributed by atoms with Crippen molar-refractivity contribution in [2.45, 2.75) is 13.5 Å². The summed E-state index contributed by atoms with van der Waals surface area (Å²) in [6.45, 7) is 2.47. The number of carbonyl (C=O) groups excluding carboxylic acids is 1. The number of nitrogens with one attached hydrogen (secondary N) is 1. The van der Waals surface area contributed by atoms with Crippen molar-refractivity contribution in [2.24, 2.45) is 0 Å². The van der Waals surface area contributed by atoms with Crippen molar-refractivity contribution < 1.29 is 4.79 Å². The average molecular weight is 435 g/mol. The molecule has 2 heterocycles. The number of hydrogen-bond acceptors (Lipinski definition) is 4. The van der Waals surface area contributed by atoms with E-state index in [-0.39, 0.29) is 11.9 Å². The number of aromatic nitrogens is 5. The lowest BCUT2D eigenvalue weighted by molar-refractivity contribution is 0.102. The first kappa shape index (κ1) is 20.4. The summed E-state index contributed by atoms with van der Waals surface area (Å²) in [6, 6.07) is 29.4. The molecular weight excluding hydrogens is 412 g/mol. The number of anilines is 1. The summed E-state index contributed by atoms with van der Waals surface area (Å²) in [6.07, 6.45) is 1.61. The molecule has 162 valence electrons. The van der Waals surface area contributed by atoms with Crippen LogP contribution in [0, 0.1) is 6.92 Å². The van der Waals surface area contributed by atoms with Crippen LogP contribution in [0.3, 0.4) is 0 Å². The maximum absolute atomic E-state index is 13.4. The Labute approximate surface area is 191 Å². The Morgan fingerprint density at radius 1 is 0.848 bits per heavy atom. The van der Waals surface area contributed by atoms with E-state index in [1.807, 2.05) is 97.9 Å². The predicted octanol–water partition coefficient (Wildman–Crippen LogP) is 4.74. The summed E-state index contributed by atoms with van der Waals surface area (Å²) in [4.78, 5) is 17.7. The summed E-state index contributed by atoms with van der Waals surface area (Å²) < 4.78 is 3.49. The molecule has 0 fully saturated rings. The van der Waals surface area contributed by atoms with Gasteiger partial charge in [-0.2, -0.15) is 5.10 Å². The second-order valence-corrected chi connectivity index (χ2v) is 7.63. The Morgan fingerprint density at radius 3 is 2.18 bits per heavy atom. The van der Waals surface area contributed by atoms with Gasteiger partial charge in [0.25, 0.3) is 5.91 Å². The van der Waals surface area contributed by atoms with Gasteiger partial charge in [0, 0.05) is 5.56 Å². The van der Waals surface area contributed by atoms with Crippen LogP contribution >= 0.6 is 0 Å². The van der Waals surface area contributed by atoms with Gasteiger partial charge in [-0.25, -0.2) is 14.3 Å². The minimum Gasteiger partial charge on any atom is -0.289 e. The lowest BCUT2D eigenvalue weighted by Crippen LogP contribution is -2.15. The molecule has 0 aliphatic rings. The van der Waals surface area contributed by atoms with E-state index in [0.717, 1.165) is 22.5 Å². The van der Waals surface area contributed by atoms with E-state index in [2.05, 4.69) is 15.4 Å². The fourth-order valence-corrected chi connectivity index (χ4v) is 3.76. The molecule has 0 saturated carbocycles. The van der Waals surface area contributed by atoms with Gasteiger partial charge in [-0.05, 0) is 24.6 Å². The van der Waals surface area contributed by atoms with E-state index in [4.69, 9.17) is 5.10 Å². The average Bonchev–Trinajstić information content (AvgIpc) is 3.44. The van der Waals surface area contributed by atoms with Gasteiger partial charge in [-0.3, -0.25) is 10.1 Å². The summed E-state index contributed by atoms with van der Waals surface area (Å²) in [5, 5.41) is 12.0. The molecule has 0 atom stereocenters. The minimum atomic E-state index is -0.300. The van der Waals surface area contributed by atoms with E-state index >= 15 is 0 Å². The van der Waals surface area contributed by atoms with Gasteiger partial charge in [0.05, 0.1) is 23.5 Å². The minimum absolute atomic E-state index is 0.252. The largest absolute Gasteiger partial charge is 0.289 e. The van der Waals surface area contributed by atoms with Crippen LogP contribution in [0.1, 0.15) is 21.6 Å². The van der Waals surface area contributed by atoms with E-state index in [1.54, 1.807) is 15.7 Å². The zero-order chi connectivity index (χ0) is 22.6. The standard InChI is InChI=1S/C26H22N6O/c1-19-23(25(33)28-26-27-18-31(30-26)17-20-11-5-2-6-12-20)24(21-13-7-3-8-14-21)29-32(19)22-15-9-4-10-16-22/h2-16,18H,17H2,1H3,(H,28,30,33). The summed E-state index contributed by atoms with van der Waals surface area (Å²) >= 11 is 0. The molecule has 7 nitrogen and oxygen atoms in total. The van der Waals surface area contributed by atoms with Crippen LogP contribution in [0.5, 0.6) is 0 Å². The van der Waals surface area contributed by atoms with E-state index in [9.17, 15) is 4.79 Å². The van der Waals surface area contributed by atoms with Gasteiger partial charge in [-0.1, -0.05) is 78.9 Å². The van der Waals surface area contributed by atoms with Crippen LogP contribution in [0.25, 0.3) is 16.9 Å². The number of nitrogens with zero attached hydrogens (tertiary/aromatic N) is 5. The zero-order valence-electron chi connectivity index (χ0n) is 18.1. The molecule has 3 aromatic carbocycles. The van der Waals surface area contributed by atoms with E-state index < -0.39 is 0 Å². The second-order valence-electron chi connectivity index (χ2n) is 7.63. The Balaban J connectivity index is 1.47. The van der Waals surface area contributed by atoms with Crippen LogP contribution in [0.2, 0.25) is 0 Å². The molecule has 5 rings (SSSR count). The molecule has 1 N–H and O–H groups in total. The topological polar surface area (TPSA) is 77.6 Å². The maximum atomic E-state index is 13.4. The first-order chi connectivity index (χ1) is 16.2. The molecule has 33 heavy (non-hydrogen) atoms. The van der Waals surface area contributed by atoms with Crippen LogP contribution in [-0.4, -0.2) is 30.5 Å². The second kappa shape index (κ2) is 8.92. The summed E-state index contributed by atoms with van der Waals surface area (Å²) in [5.41, 5.74) is 4.69. The fourth-order valence-electron chi connectivity index (χ4n) is 3.76. The lowest BCUT2D eigenvalue weighted by atomic mass is 10.1. The van der Waals surface area contributed by atoms with Crippen molar-refractivity contribution in [1.29, 1.82) is 0 Å². The lowest BCUT2D eigenvalue weighted by Gasteiger charge is -2.05. The third kappa shape index (κ3) is 4.29. The molecule has 0 aliphatic heterocycles. The predicted molar refractivity (Wildman–Crippen MR) is 127 cm³/mol. The molecule has 0 unspecified atom stereocenters. The molecule has 0 aliphatic carbocycles. The summed E-state index contributed by atoms with van der Waals surface area (Å²) in [5.74, 6) is -0.0483. The van der Waals surface area contributed by atoms with Gasteiger partial charge in [0.15, 0.2) is 0 Å². The molecule has 0 bridgehead atoms. The van der Waals surface area contributed by atoms with Crippen molar-refractivity contribution in [3.8, 4) is 16.9 Å². The van der Waals surface area contributed by atoms with Crippen molar-refractivity contribution >= 4 is 11.9 Å². The van der Waals surface area contributed by atoms with Gasteiger partial charge in [0.1, 0.15) is 12.0 Å². The van der Waals surface area contributed by atoms with Crippen LogP contribution in [0.4, 0.5) is 5.95 Å². The molecule has 0 spiro atoms. The Bertz CT molecular complexity index is 1370. The van der Waals surface area contributed by atoms with E-state index in [0.29, 0.717) is 17.8 Å². The van der Waals surface area contributed by atoms with Gasteiger partial charge in [0.2, 0.25) is 5.95 Å². The van der Waals surface area contributed by atoms with Crippen molar-refractivity contribution in [2.75, 3.05) is 5.32 Å². The number of carbonyl (C=O) groups is 1. The highest BCUT2D eigenvalue weighted by Gasteiger charge is 2.24. The van der Waals surface area contributed by atoms with Gasteiger partial charge >= 0.3 is 0 Å². The smallest absolute Gasteiger partial charge is 0.262 e. The number of amides is 1. The first-order valence-corrected chi connectivity index (χ1v) is 10.6. The third-order valence-electron chi connectivity index (χ3n) is 5.34. The highest BCUT2D eigenvalue weighted by molar-refractivity contribution is 6.08. The number of rotatable bonds is 6. The quantitative estimate of drug-likeness (QED) is 0.419. The SMILES string of the molecule is Cc1c(C(=O)Nc2ncn(Cc3ccccc3)n2)c(-c2ccccc2)nn1-c1ccccc1. The van der Waals surface area contributed by atoms with Crippen LogP contribution in [0.15, 0.2) is 97.3 Å². The Kier molecular flexibility index (Phi) is 5.51. The molecule has 0 saturated heterocycles. The van der Waals surface area contributed by atoms with Crippen molar-refractivity contribution in [1.82, 2.24) is 24.5 Å². The van der Waals surface area contributed by atoms with E-state index in [1.165, 1.54) is 0 Å². The molecule has 2 aromatic heterocycles. The summed E-state index contributed by atoms with van der Waals surface area (Å²) in [7, 11) is 0. The monoisotopic (exact) mass is 434 g/mol. The zero-order valence-corrected chi connectivity index (χ0v) is 18.1. The molecule has 7 heteroatoms. The molecule has 1 amide bonds. The van der Waals surface area contributed by atoms with Crippen LogP contribution < -0.4 is 5.32 Å². The number of para-hydroxylation sites is 1. The normalized spacial score (nSPS) is 10.8. The van der Waals surface area contributed by atoms with Crippen molar-refractivity contribution in [3.63, 3.8) is 0 Å². The highest BCUT2D eigenvalue weighted by Crippen LogP contribution is 2.27. The van der Waals surface area contributed by atoms with Crippen molar-refractivity contribution in [3.05, 3.63) is 114 Å². The molecular formula is C26H22N6O. The molecule has 5 aromatic rings. The third-order valence-corrected chi connectivity index (χ3v) is 5.34.